The molecule has 0 radical (unpaired) electrons. The summed E-state index contributed by atoms with van der Waals surface area (Å²) in [6.07, 6.45) is 0. The molecule has 0 aliphatic rings. The number of hydrogen-bond acceptors (Lipinski definition) is 3. The molecule has 3 nitrogen and oxygen atoms in total. The van der Waals surface area contributed by atoms with Gasteiger partial charge in [-0.05, 0) is 64.4 Å². The molecule has 7 aromatic carbocycles. The minimum absolute atomic E-state index is 0.673. The number of aromatic nitrogens is 3. The Hall–Kier alpha value is -5.84. The number of para-hydroxylation sites is 1. The Labute approximate surface area is 268 Å². The predicted molar refractivity (Wildman–Crippen MR) is 195 cm³/mol. The highest BCUT2D eigenvalue weighted by Gasteiger charge is 2.19. The molecule has 0 saturated carbocycles. The molecule has 4 heteroatoms. The first-order valence-corrected chi connectivity index (χ1v) is 16.3. The third kappa shape index (κ3) is 3.77. The second-order valence-corrected chi connectivity index (χ2v) is 12.9. The van der Waals surface area contributed by atoms with Crippen LogP contribution in [0, 0.1) is 0 Å². The first-order chi connectivity index (χ1) is 22.8. The summed E-state index contributed by atoms with van der Waals surface area (Å²) in [7, 11) is 0. The van der Waals surface area contributed by atoms with Crippen LogP contribution in [0.5, 0.6) is 0 Å². The van der Waals surface area contributed by atoms with Crippen LogP contribution in [0.4, 0.5) is 0 Å². The van der Waals surface area contributed by atoms with Gasteiger partial charge in [-0.2, -0.15) is 0 Å². The summed E-state index contributed by atoms with van der Waals surface area (Å²) in [4.78, 5) is 10.7. The highest BCUT2D eigenvalue weighted by molar-refractivity contribution is 7.25. The van der Waals surface area contributed by atoms with Crippen LogP contribution in [0.3, 0.4) is 0 Å². The Balaban J connectivity index is 1.27. The highest BCUT2D eigenvalue weighted by Crippen LogP contribution is 2.41. The lowest BCUT2D eigenvalue weighted by atomic mass is 9.97. The van der Waals surface area contributed by atoms with Gasteiger partial charge in [0.15, 0.2) is 0 Å². The standard InChI is InChI=1S/C42H25N3S/c1-2-11-26(12-3-1)41-34-24-29(30-17-10-20-39-40(30)32-16-7-9-19-38(32)46-39)21-22-35(34)43-42(44-41)45-36-18-8-6-15-31(36)33-23-27-13-4-5-14-28(27)25-37(33)45/h1-25H. The van der Waals surface area contributed by atoms with Crippen molar-refractivity contribution in [1.29, 1.82) is 0 Å². The molecule has 0 unspecified atom stereocenters. The summed E-state index contributed by atoms with van der Waals surface area (Å²) < 4.78 is 4.84. The van der Waals surface area contributed by atoms with Gasteiger partial charge < -0.3 is 0 Å². The largest absolute Gasteiger partial charge is 0.278 e. The minimum Gasteiger partial charge on any atom is -0.278 e. The fourth-order valence-corrected chi connectivity index (χ4v) is 8.22. The van der Waals surface area contributed by atoms with E-state index in [2.05, 4.69) is 156 Å². The summed E-state index contributed by atoms with van der Waals surface area (Å²) in [6.45, 7) is 0. The van der Waals surface area contributed by atoms with Gasteiger partial charge in [-0.25, -0.2) is 9.97 Å². The second kappa shape index (κ2) is 9.83. The molecule has 0 spiro atoms. The molecule has 10 rings (SSSR count). The van der Waals surface area contributed by atoms with E-state index in [4.69, 9.17) is 9.97 Å². The van der Waals surface area contributed by atoms with Crippen molar-refractivity contribution in [3.8, 4) is 28.3 Å². The van der Waals surface area contributed by atoms with E-state index in [-0.39, 0.29) is 0 Å². The molecule has 0 atom stereocenters. The molecule has 0 fully saturated rings. The smallest absolute Gasteiger partial charge is 0.235 e. The van der Waals surface area contributed by atoms with Gasteiger partial charge in [-0.3, -0.25) is 4.57 Å². The molecule has 3 aromatic heterocycles. The van der Waals surface area contributed by atoms with Gasteiger partial charge >= 0.3 is 0 Å². The molecular weight excluding hydrogens is 579 g/mol. The molecule has 214 valence electrons. The maximum absolute atomic E-state index is 5.38. The fraction of sp³-hybridized carbons (Fsp3) is 0. The SMILES string of the molecule is c1ccc(-c2nc(-n3c4ccccc4c4cc5ccccc5cc43)nc3ccc(-c4cccc5sc6ccccc6c45)cc23)cc1. The van der Waals surface area contributed by atoms with Crippen LogP contribution in [0.2, 0.25) is 0 Å². The number of fused-ring (bicyclic) bond motifs is 8. The van der Waals surface area contributed by atoms with Crippen molar-refractivity contribution in [2.24, 2.45) is 0 Å². The fourth-order valence-electron chi connectivity index (χ4n) is 7.09. The predicted octanol–water partition coefficient (Wildman–Crippen LogP) is 11.6. The maximum atomic E-state index is 5.38. The lowest BCUT2D eigenvalue weighted by Gasteiger charge is -2.13. The van der Waals surface area contributed by atoms with Crippen molar-refractivity contribution >= 4 is 75.0 Å². The molecule has 46 heavy (non-hydrogen) atoms. The van der Waals surface area contributed by atoms with Crippen LogP contribution < -0.4 is 0 Å². The Morgan fingerprint density at radius 2 is 1.20 bits per heavy atom. The summed E-state index contributed by atoms with van der Waals surface area (Å²) in [5, 5.41) is 8.46. The van der Waals surface area contributed by atoms with Gasteiger partial charge in [0.25, 0.3) is 0 Å². The first-order valence-electron chi connectivity index (χ1n) is 15.5. The summed E-state index contributed by atoms with van der Waals surface area (Å²) in [5.41, 5.74) is 7.51. The van der Waals surface area contributed by atoms with E-state index < -0.39 is 0 Å². The zero-order valence-corrected chi connectivity index (χ0v) is 25.5. The molecule has 10 aromatic rings. The topological polar surface area (TPSA) is 30.7 Å². The van der Waals surface area contributed by atoms with Crippen molar-refractivity contribution < 1.29 is 0 Å². The van der Waals surface area contributed by atoms with Crippen molar-refractivity contribution in [2.75, 3.05) is 0 Å². The lowest BCUT2D eigenvalue weighted by Crippen LogP contribution is -2.03. The van der Waals surface area contributed by atoms with E-state index in [9.17, 15) is 0 Å². The molecule has 0 saturated heterocycles. The summed E-state index contributed by atoms with van der Waals surface area (Å²) in [6, 6.07) is 54.2. The zero-order chi connectivity index (χ0) is 30.2. The summed E-state index contributed by atoms with van der Waals surface area (Å²) >= 11 is 1.85. The number of nitrogens with zero attached hydrogens (tertiary/aromatic N) is 3. The Morgan fingerprint density at radius 3 is 2.09 bits per heavy atom. The van der Waals surface area contributed by atoms with E-state index >= 15 is 0 Å². The highest BCUT2D eigenvalue weighted by atomic mass is 32.1. The van der Waals surface area contributed by atoms with Gasteiger partial charge in [-0.15, -0.1) is 11.3 Å². The molecule has 0 bridgehead atoms. The van der Waals surface area contributed by atoms with Crippen LogP contribution >= 0.6 is 11.3 Å². The average Bonchev–Trinajstić information content (AvgIpc) is 3.66. The summed E-state index contributed by atoms with van der Waals surface area (Å²) in [5.74, 6) is 0.673. The maximum Gasteiger partial charge on any atom is 0.235 e. The normalized spacial score (nSPS) is 11.9. The Morgan fingerprint density at radius 1 is 0.457 bits per heavy atom. The van der Waals surface area contributed by atoms with Crippen molar-refractivity contribution in [1.82, 2.24) is 14.5 Å². The van der Waals surface area contributed by atoms with Crippen LogP contribution in [-0.2, 0) is 0 Å². The number of benzene rings is 7. The van der Waals surface area contributed by atoms with E-state index in [0.29, 0.717) is 5.95 Å². The van der Waals surface area contributed by atoms with Gasteiger partial charge in [0, 0.05) is 41.9 Å². The Bertz CT molecular complexity index is 2810. The van der Waals surface area contributed by atoms with Crippen LogP contribution in [0.25, 0.3) is 92.0 Å². The third-order valence-corrected chi connectivity index (χ3v) is 10.3. The van der Waals surface area contributed by atoms with Gasteiger partial charge in [0.05, 0.1) is 22.2 Å². The van der Waals surface area contributed by atoms with Crippen LogP contribution in [-0.4, -0.2) is 14.5 Å². The molecule has 0 N–H and O–H groups in total. The monoisotopic (exact) mass is 603 g/mol. The number of rotatable bonds is 3. The lowest BCUT2D eigenvalue weighted by molar-refractivity contribution is 1.01. The quantitative estimate of drug-likeness (QED) is 0.201. The number of hydrogen-bond donors (Lipinski definition) is 0. The van der Waals surface area contributed by atoms with Gasteiger partial charge in [0.1, 0.15) is 0 Å². The van der Waals surface area contributed by atoms with Gasteiger partial charge in [0.2, 0.25) is 5.95 Å². The van der Waals surface area contributed by atoms with E-state index in [0.717, 1.165) is 33.2 Å². The number of thiophene rings is 1. The zero-order valence-electron chi connectivity index (χ0n) is 24.7. The minimum atomic E-state index is 0.673. The van der Waals surface area contributed by atoms with E-state index in [1.54, 1.807) is 0 Å². The van der Waals surface area contributed by atoms with Crippen molar-refractivity contribution in [3.05, 3.63) is 152 Å². The third-order valence-electron chi connectivity index (χ3n) is 9.18. The first kappa shape index (κ1) is 25.5. The molecule has 3 heterocycles. The van der Waals surface area contributed by atoms with Crippen LogP contribution in [0.15, 0.2) is 152 Å². The molecule has 0 aliphatic carbocycles. The van der Waals surface area contributed by atoms with Crippen molar-refractivity contribution in [3.63, 3.8) is 0 Å². The molecule has 0 aliphatic heterocycles. The second-order valence-electron chi connectivity index (χ2n) is 11.8. The average molecular weight is 604 g/mol. The molecular formula is C42H25N3S. The Kier molecular flexibility index (Phi) is 5.45. The van der Waals surface area contributed by atoms with Gasteiger partial charge in [-0.1, -0.05) is 109 Å². The van der Waals surface area contributed by atoms with E-state index in [1.165, 1.54) is 52.8 Å². The van der Waals surface area contributed by atoms with Crippen molar-refractivity contribution in [2.45, 2.75) is 0 Å². The van der Waals surface area contributed by atoms with E-state index in [1.807, 2.05) is 11.3 Å². The van der Waals surface area contributed by atoms with Crippen LogP contribution in [0.1, 0.15) is 0 Å². The molecule has 0 amide bonds.